The van der Waals surface area contributed by atoms with E-state index in [1.54, 1.807) is 5.51 Å². The van der Waals surface area contributed by atoms with Crippen LogP contribution in [-0.2, 0) is 11.3 Å². The van der Waals surface area contributed by atoms with Gasteiger partial charge in [0.05, 0.1) is 23.7 Å². The van der Waals surface area contributed by atoms with Gasteiger partial charge < -0.3 is 15.7 Å². The maximum Gasteiger partial charge on any atom is 0.315 e. The summed E-state index contributed by atoms with van der Waals surface area (Å²) >= 11 is 1.49. The molecular weight excluding hydrogens is 266 g/mol. The molecule has 0 aliphatic heterocycles. The van der Waals surface area contributed by atoms with Gasteiger partial charge in [-0.1, -0.05) is 0 Å². The Morgan fingerprint density at radius 1 is 1.37 bits per heavy atom. The molecule has 1 aliphatic rings. The zero-order valence-corrected chi connectivity index (χ0v) is 11.3. The van der Waals surface area contributed by atoms with E-state index in [9.17, 15) is 9.59 Å². The predicted molar refractivity (Wildman–Crippen MR) is 70.9 cm³/mol. The van der Waals surface area contributed by atoms with Crippen LogP contribution in [0, 0.1) is 5.92 Å². The molecule has 1 aromatic heterocycles. The van der Waals surface area contributed by atoms with E-state index in [1.807, 2.05) is 5.38 Å². The van der Waals surface area contributed by atoms with Crippen molar-refractivity contribution in [3.8, 4) is 0 Å². The Balaban J connectivity index is 1.67. The highest BCUT2D eigenvalue weighted by atomic mass is 32.1. The largest absolute Gasteiger partial charge is 0.481 e. The molecule has 104 valence electrons. The summed E-state index contributed by atoms with van der Waals surface area (Å²) in [5.41, 5.74) is 2.57. The van der Waals surface area contributed by atoms with E-state index < -0.39 is 5.97 Å². The quantitative estimate of drug-likeness (QED) is 0.782. The summed E-state index contributed by atoms with van der Waals surface area (Å²) in [7, 11) is 0. The van der Waals surface area contributed by atoms with Crippen molar-refractivity contribution in [2.45, 2.75) is 38.3 Å². The molecule has 2 amide bonds. The highest BCUT2D eigenvalue weighted by Crippen LogP contribution is 2.24. The second-order valence-electron chi connectivity index (χ2n) is 4.69. The molecule has 1 aromatic rings. The average Bonchev–Trinajstić information content (AvgIpc) is 2.90. The first-order valence-electron chi connectivity index (χ1n) is 6.29. The van der Waals surface area contributed by atoms with Crippen LogP contribution >= 0.6 is 11.3 Å². The fourth-order valence-corrected chi connectivity index (χ4v) is 2.78. The highest BCUT2D eigenvalue weighted by Gasteiger charge is 2.26. The van der Waals surface area contributed by atoms with Crippen molar-refractivity contribution in [3.63, 3.8) is 0 Å². The van der Waals surface area contributed by atoms with E-state index in [2.05, 4.69) is 15.6 Å². The molecule has 1 fully saturated rings. The molecule has 1 saturated carbocycles. The lowest BCUT2D eigenvalue weighted by molar-refractivity contribution is -0.142. The standard InChI is InChI=1S/C12H17N3O3S/c16-11(17)8-1-3-9(4-2-8)15-12(18)13-5-10-6-19-7-14-10/h6-9H,1-5H2,(H,16,17)(H2,13,15,18). The van der Waals surface area contributed by atoms with Gasteiger partial charge in [0, 0.05) is 11.4 Å². The first-order chi connectivity index (χ1) is 9.15. The number of hydrogen-bond donors (Lipinski definition) is 3. The Labute approximate surface area is 115 Å². The van der Waals surface area contributed by atoms with Gasteiger partial charge >= 0.3 is 12.0 Å². The van der Waals surface area contributed by atoms with Crippen LogP contribution in [0.15, 0.2) is 10.9 Å². The Morgan fingerprint density at radius 2 is 2.11 bits per heavy atom. The molecule has 0 unspecified atom stereocenters. The van der Waals surface area contributed by atoms with Crippen LogP contribution in [-0.4, -0.2) is 28.1 Å². The van der Waals surface area contributed by atoms with E-state index in [1.165, 1.54) is 11.3 Å². The second-order valence-corrected chi connectivity index (χ2v) is 5.41. The molecule has 1 aliphatic carbocycles. The van der Waals surface area contributed by atoms with Crippen molar-refractivity contribution < 1.29 is 14.7 Å². The molecule has 0 radical (unpaired) electrons. The fraction of sp³-hybridized carbons (Fsp3) is 0.583. The van der Waals surface area contributed by atoms with Crippen molar-refractivity contribution in [3.05, 3.63) is 16.6 Å². The van der Waals surface area contributed by atoms with Gasteiger partial charge in [-0.2, -0.15) is 0 Å². The number of carbonyl (C=O) groups excluding carboxylic acids is 1. The highest BCUT2D eigenvalue weighted by molar-refractivity contribution is 7.07. The fourth-order valence-electron chi connectivity index (χ4n) is 2.22. The van der Waals surface area contributed by atoms with Crippen LogP contribution < -0.4 is 10.6 Å². The lowest BCUT2D eigenvalue weighted by atomic mass is 9.86. The summed E-state index contributed by atoms with van der Waals surface area (Å²) in [5.74, 6) is -0.984. The number of hydrogen-bond acceptors (Lipinski definition) is 4. The van der Waals surface area contributed by atoms with Gasteiger partial charge in [-0.3, -0.25) is 4.79 Å². The van der Waals surface area contributed by atoms with Crippen molar-refractivity contribution in [2.75, 3.05) is 0 Å². The molecule has 0 aromatic carbocycles. The van der Waals surface area contributed by atoms with Crippen molar-refractivity contribution in [2.24, 2.45) is 5.92 Å². The third kappa shape index (κ3) is 4.20. The zero-order chi connectivity index (χ0) is 13.7. The molecule has 0 bridgehead atoms. The number of carboxylic acids is 1. The van der Waals surface area contributed by atoms with Crippen LogP contribution in [0.3, 0.4) is 0 Å². The van der Waals surface area contributed by atoms with E-state index in [0.29, 0.717) is 19.4 Å². The molecule has 6 nitrogen and oxygen atoms in total. The molecule has 7 heteroatoms. The molecule has 0 atom stereocenters. The summed E-state index contributed by atoms with van der Waals surface area (Å²) in [6.07, 6.45) is 2.71. The molecule has 19 heavy (non-hydrogen) atoms. The summed E-state index contributed by atoms with van der Waals surface area (Å²) < 4.78 is 0. The predicted octanol–water partition coefficient (Wildman–Crippen LogP) is 1.59. The van der Waals surface area contributed by atoms with Crippen LogP contribution in [0.5, 0.6) is 0 Å². The average molecular weight is 283 g/mol. The molecule has 3 N–H and O–H groups in total. The minimum absolute atomic E-state index is 0.0750. The van der Waals surface area contributed by atoms with Crippen molar-refractivity contribution in [1.29, 1.82) is 0 Å². The van der Waals surface area contributed by atoms with Gasteiger partial charge in [0.2, 0.25) is 0 Å². The number of nitrogens with zero attached hydrogens (tertiary/aromatic N) is 1. The molecule has 2 rings (SSSR count). The SMILES string of the molecule is O=C(NCc1cscn1)NC1CCC(C(=O)O)CC1. The number of carboxylic acid groups (broad SMARTS) is 1. The Hall–Kier alpha value is -1.63. The van der Waals surface area contributed by atoms with Crippen LogP contribution in [0.2, 0.25) is 0 Å². The Bertz CT molecular complexity index is 427. The number of carbonyl (C=O) groups is 2. The van der Waals surface area contributed by atoms with E-state index in [4.69, 9.17) is 5.11 Å². The number of thiazole rings is 1. The topological polar surface area (TPSA) is 91.3 Å². The van der Waals surface area contributed by atoms with E-state index >= 15 is 0 Å². The summed E-state index contributed by atoms with van der Waals surface area (Å²) in [4.78, 5) is 26.5. The Kier molecular flexibility index (Phi) is 4.73. The maximum atomic E-state index is 11.7. The number of aromatic nitrogens is 1. The minimum Gasteiger partial charge on any atom is -0.481 e. The van der Waals surface area contributed by atoms with Gasteiger partial charge in [-0.05, 0) is 25.7 Å². The van der Waals surface area contributed by atoms with Gasteiger partial charge in [0.1, 0.15) is 0 Å². The first-order valence-corrected chi connectivity index (χ1v) is 7.23. The van der Waals surface area contributed by atoms with Crippen LogP contribution in [0.4, 0.5) is 4.79 Å². The molecule has 1 heterocycles. The zero-order valence-electron chi connectivity index (χ0n) is 10.5. The normalized spacial score (nSPS) is 22.7. The van der Waals surface area contributed by atoms with Crippen molar-refractivity contribution >= 4 is 23.3 Å². The maximum absolute atomic E-state index is 11.7. The second kappa shape index (κ2) is 6.51. The summed E-state index contributed by atoms with van der Waals surface area (Å²) in [6.45, 7) is 0.416. The number of amides is 2. The van der Waals surface area contributed by atoms with E-state index in [0.717, 1.165) is 18.5 Å². The molecule has 0 spiro atoms. The van der Waals surface area contributed by atoms with Crippen LogP contribution in [0.25, 0.3) is 0 Å². The van der Waals surface area contributed by atoms with Gasteiger partial charge in [0.15, 0.2) is 0 Å². The third-order valence-electron chi connectivity index (χ3n) is 3.33. The van der Waals surface area contributed by atoms with E-state index in [-0.39, 0.29) is 18.0 Å². The monoisotopic (exact) mass is 283 g/mol. The number of aliphatic carboxylic acids is 1. The third-order valence-corrected chi connectivity index (χ3v) is 3.96. The summed E-state index contributed by atoms with van der Waals surface area (Å²) in [6, 6.07) is -0.141. The number of urea groups is 1. The first kappa shape index (κ1) is 13.8. The minimum atomic E-state index is -0.730. The smallest absolute Gasteiger partial charge is 0.315 e. The lowest BCUT2D eigenvalue weighted by Gasteiger charge is -2.26. The van der Waals surface area contributed by atoms with Crippen LogP contribution in [0.1, 0.15) is 31.4 Å². The van der Waals surface area contributed by atoms with Gasteiger partial charge in [-0.15, -0.1) is 11.3 Å². The molecular formula is C12H17N3O3S. The van der Waals surface area contributed by atoms with Gasteiger partial charge in [-0.25, -0.2) is 9.78 Å². The lowest BCUT2D eigenvalue weighted by Crippen LogP contribution is -2.43. The number of rotatable bonds is 4. The molecule has 0 saturated heterocycles. The number of nitrogens with one attached hydrogen (secondary N) is 2. The van der Waals surface area contributed by atoms with Crippen molar-refractivity contribution in [1.82, 2.24) is 15.6 Å². The summed E-state index contributed by atoms with van der Waals surface area (Å²) in [5, 5.41) is 16.4. The van der Waals surface area contributed by atoms with Gasteiger partial charge in [0.25, 0.3) is 0 Å². The Morgan fingerprint density at radius 3 is 2.68 bits per heavy atom.